The van der Waals surface area contributed by atoms with Crippen molar-refractivity contribution in [1.82, 2.24) is 15.0 Å². The van der Waals surface area contributed by atoms with Crippen LogP contribution in [0.15, 0.2) is 24.5 Å². The summed E-state index contributed by atoms with van der Waals surface area (Å²) in [5.41, 5.74) is 4.62. The highest BCUT2D eigenvalue weighted by Crippen LogP contribution is 2.41. The number of rotatable bonds is 1. The van der Waals surface area contributed by atoms with E-state index < -0.39 is 0 Å². The van der Waals surface area contributed by atoms with Crippen LogP contribution in [0.2, 0.25) is 0 Å². The van der Waals surface area contributed by atoms with Gasteiger partial charge in [0.15, 0.2) is 0 Å². The SMILES string of the molecule is Cc1ncnc2[nH]c3ccc(C4CC4)cc3c12. The molecule has 2 aromatic heterocycles. The number of nitrogens with one attached hydrogen (secondary N) is 1. The number of hydrogen-bond donors (Lipinski definition) is 1. The molecule has 3 aromatic rings. The van der Waals surface area contributed by atoms with Gasteiger partial charge in [0.1, 0.15) is 12.0 Å². The van der Waals surface area contributed by atoms with E-state index in [9.17, 15) is 0 Å². The molecule has 1 fully saturated rings. The molecule has 1 aliphatic rings. The van der Waals surface area contributed by atoms with Crippen LogP contribution in [0, 0.1) is 6.92 Å². The van der Waals surface area contributed by atoms with Crippen molar-refractivity contribution in [3.63, 3.8) is 0 Å². The van der Waals surface area contributed by atoms with Gasteiger partial charge in [-0.25, -0.2) is 9.97 Å². The van der Waals surface area contributed by atoms with Crippen molar-refractivity contribution in [1.29, 1.82) is 0 Å². The summed E-state index contributed by atoms with van der Waals surface area (Å²) in [5.74, 6) is 0.786. The number of benzene rings is 1. The zero-order valence-corrected chi connectivity index (χ0v) is 9.70. The fourth-order valence-electron chi connectivity index (χ4n) is 2.57. The van der Waals surface area contributed by atoms with Gasteiger partial charge in [-0.3, -0.25) is 0 Å². The summed E-state index contributed by atoms with van der Waals surface area (Å²) in [7, 11) is 0. The lowest BCUT2D eigenvalue weighted by atomic mass is 10.1. The van der Waals surface area contributed by atoms with Crippen LogP contribution in [0.1, 0.15) is 30.0 Å². The number of aromatic amines is 1. The van der Waals surface area contributed by atoms with Gasteiger partial charge in [0.25, 0.3) is 0 Å². The third-order valence-corrected chi connectivity index (χ3v) is 3.65. The first kappa shape index (κ1) is 9.16. The number of H-pyrrole nitrogens is 1. The maximum Gasteiger partial charge on any atom is 0.142 e. The van der Waals surface area contributed by atoms with Gasteiger partial charge in [0, 0.05) is 16.3 Å². The molecule has 1 N–H and O–H groups in total. The van der Waals surface area contributed by atoms with Gasteiger partial charge < -0.3 is 4.98 Å². The van der Waals surface area contributed by atoms with Crippen LogP contribution < -0.4 is 0 Å². The zero-order chi connectivity index (χ0) is 11.4. The highest BCUT2D eigenvalue weighted by atomic mass is 14.9. The lowest BCUT2D eigenvalue weighted by Crippen LogP contribution is -1.84. The topological polar surface area (TPSA) is 41.6 Å². The first-order valence-corrected chi connectivity index (χ1v) is 6.06. The third-order valence-electron chi connectivity index (χ3n) is 3.65. The van der Waals surface area contributed by atoms with Gasteiger partial charge in [-0.1, -0.05) is 6.07 Å². The Morgan fingerprint density at radius 1 is 1.24 bits per heavy atom. The molecule has 1 aliphatic carbocycles. The summed E-state index contributed by atoms with van der Waals surface area (Å²) >= 11 is 0. The second-order valence-electron chi connectivity index (χ2n) is 4.89. The molecule has 0 bridgehead atoms. The van der Waals surface area contributed by atoms with Crippen molar-refractivity contribution in [2.45, 2.75) is 25.7 Å². The molecule has 0 saturated heterocycles. The maximum absolute atomic E-state index is 4.30. The highest BCUT2D eigenvalue weighted by molar-refractivity contribution is 6.07. The molecule has 0 radical (unpaired) electrons. The molecule has 0 aliphatic heterocycles. The van der Waals surface area contributed by atoms with Gasteiger partial charge in [-0.2, -0.15) is 0 Å². The minimum atomic E-state index is 0.786. The number of aryl methyl sites for hydroxylation is 1. The minimum absolute atomic E-state index is 0.786. The van der Waals surface area contributed by atoms with E-state index in [4.69, 9.17) is 0 Å². The maximum atomic E-state index is 4.30. The standard InChI is InChI=1S/C14H13N3/c1-8-13-11-6-10(9-2-3-9)4-5-12(11)17-14(13)16-7-15-8/h4-7,9H,2-3H2,1H3,(H,15,16,17). The molecule has 0 atom stereocenters. The molecule has 3 nitrogen and oxygen atoms in total. The number of fused-ring (bicyclic) bond motifs is 3. The van der Waals surface area contributed by atoms with Gasteiger partial charge >= 0.3 is 0 Å². The van der Waals surface area contributed by atoms with E-state index in [2.05, 4.69) is 33.2 Å². The van der Waals surface area contributed by atoms with E-state index in [1.807, 2.05) is 6.92 Å². The molecule has 4 rings (SSSR count). The van der Waals surface area contributed by atoms with Crippen LogP contribution in [-0.2, 0) is 0 Å². The summed E-state index contributed by atoms with van der Waals surface area (Å²) in [6.07, 6.45) is 4.29. The summed E-state index contributed by atoms with van der Waals surface area (Å²) in [6, 6.07) is 6.71. The van der Waals surface area contributed by atoms with E-state index in [1.165, 1.54) is 29.2 Å². The van der Waals surface area contributed by atoms with Crippen molar-refractivity contribution in [2.24, 2.45) is 0 Å². The lowest BCUT2D eigenvalue weighted by Gasteiger charge is -1.99. The Bertz CT molecular complexity index is 723. The van der Waals surface area contributed by atoms with Crippen molar-refractivity contribution >= 4 is 21.9 Å². The van der Waals surface area contributed by atoms with Gasteiger partial charge in [-0.05, 0) is 43.4 Å². The Hall–Kier alpha value is -1.90. The summed E-state index contributed by atoms with van der Waals surface area (Å²) in [4.78, 5) is 11.9. The molecule has 84 valence electrons. The Balaban J connectivity index is 2.12. The Morgan fingerprint density at radius 2 is 2.12 bits per heavy atom. The van der Waals surface area contributed by atoms with Crippen LogP contribution >= 0.6 is 0 Å². The molecule has 2 heterocycles. The summed E-state index contributed by atoms with van der Waals surface area (Å²) in [5, 5.41) is 2.44. The predicted molar refractivity (Wildman–Crippen MR) is 68.1 cm³/mol. The quantitative estimate of drug-likeness (QED) is 0.687. The molecule has 0 unspecified atom stereocenters. The molecule has 17 heavy (non-hydrogen) atoms. The van der Waals surface area contributed by atoms with E-state index in [1.54, 1.807) is 6.33 Å². The van der Waals surface area contributed by atoms with Crippen molar-refractivity contribution in [2.75, 3.05) is 0 Å². The van der Waals surface area contributed by atoms with Crippen molar-refractivity contribution < 1.29 is 0 Å². The van der Waals surface area contributed by atoms with E-state index in [0.29, 0.717) is 0 Å². The fraction of sp³-hybridized carbons (Fsp3) is 0.286. The Kier molecular flexibility index (Phi) is 1.65. The average molecular weight is 223 g/mol. The van der Waals surface area contributed by atoms with Gasteiger partial charge in [0.2, 0.25) is 0 Å². The van der Waals surface area contributed by atoms with Gasteiger partial charge in [-0.15, -0.1) is 0 Å². The number of aromatic nitrogens is 3. The molecule has 3 heteroatoms. The average Bonchev–Trinajstić information content (AvgIpc) is 3.10. The van der Waals surface area contributed by atoms with Crippen molar-refractivity contribution in [3.05, 3.63) is 35.8 Å². The summed E-state index contributed by atoms with van der Waals surface area (Å²) < 4.78 is 0. The monoisotopic (exact) mass is 223 g/mol. The Morgan fingerprint density at radius 3 is 2.94 bits per heavy atom. The first-order chi connectivity index (χ1) is 8.33. The second-order valence-corrected chi connectivity index (χ2v) is 4.89. The number of hydrogen-bond acceptors (Lipinski definition) is 2. The van der Waals surface area contributed by atoms with Gasteiger partial charge in [0.05, 0.1) is 5.69 Å². The number of nitrogens with zero attached hydrogens (tertiary/aromatic N) is 2. The third kappa shape index (κ3) is 1.28. The second kappa shape index (κ2) is 3.06. The molecular weight excluding hydrogens is 210 g/mol. The smallest absolute Gasteiger partial charge is 0.142 e. The van der Waals surface area contributed by atoms with Crippen LogP contribution in [0.3, 0.4) is 0 Å². The largest absolute Gasteiger partial charge is 0.339 e. The molecule has 0 spiro atoms. The normalized spacial score (nSPS) is 15.8. The van der Waals surface area contributed by atoms with E-state index >= 15 is 0 Å². The predicted octanol–water partition coefficient (Wildman–Crippen LogP) is 3.30. The minimum Gasteiger partial charge on any atom is -0.339 e. The molecular formula is C14H13N3. The molecule has 1 saturated carbocycles. The van der Waals surface area contributed by atoms with Crippen LogP contribution in [-0.4, -0.2) is 15.0 Å². The van der Waals surface area contributed by atoms with E-state index in [-0.39, 0.29) is 0 Å². The van der Waals surface area contributed by atoms with Crippen molar-refractivity contribution in [3.8, 4) is 0 Å². The van der Waals surface area contributed by atoms with Crippen LogP contribution in [0.5, 0.6) is 0 Å². The zero-order valence-electron chi connectivity index (χ0n) is 9.70. The first-order valence-electron chi connectivity index (χ1n) is 6.06. The Labute approximate surface area is 98.9 Å². The fourth-order valence-corrected chi connectivity index (χ4v) is 2.57. The van der Waals surface area contributed by atoms with Crippen LogP contribution in [0.4, 0.5) is 0 Å². The molecule has 1 aromatic carbocycles. The van der Waals surface area contributed by atoms with E-state index in [0.717, 1.165) is 22.8 Å². The highest BCUT2D eigenvalue weighted by Gasteiger charge is 2.24. The molecule has 0 amide bonds. The lowest BCUT2D eigenvalue weighted by molar-refractivity contribution is 1.14. The van der Waals surface area contributed by atoms with Crippen LogP contribution in [0.25, 0.3) is 21.9 Å². The summed E-state index contributed by atoms with van der Waals surface area (Å²) in [6.45, 7) is 2.04.